The number of benzene rings is 1. The molecule has 0 aliphatic carbocycles. The molecule has 1 atom stereocenters. The summed E-state index contributed by atoms with van der Waals surface area (Å²) in [5, 5.41) is 2.21. The molecule has 168 valence electrons. The third-order valence-corrected chi connectivity index (χ3v) is 6.67. The Balaban J connectivity index is 1.60. The molecule has 1 aromatic rings. The summed E-state index contributed by atoms with van der Waals surface area (Å²) < 4.78 is 0. The summed E-state index contributed by atoms with van der Waals surface area (Å²) in [6.45, 7) is 5.06. The summed E-state index contributed by atoms with van der Waals surface area (Å²) in [4.78, 5) is 65.6. The van der Waals surface area contributed by atoms with E-state index >= 15 is 0 Å². The van der Waals surface area contributed by atoms with Gasteiger partial charge in [-0.05, 0) is 42.9 Å². The zero-order chi connectivity index (χ0) is 23.0. The van der Waals surface area contributed by atoms with Gasteiger partial charge >= 0.3 is 0 Å². The van der Waals surface area contributed by atoms with Gasteiger partial charge in [-0.2, -0.15) is 0 Å². The smallest absolute Gasteiger partial charge is 0.262 e. The fourth-order valence-electron chi connectivity index (χ4n) is 4.79. The van der Waals surface area contributed by atoms with Gasteiger partial charge in [0.15, 0.2) is 0 Å². The molecule has 0 bridgehead atoms. The lowest BCUT2D eigenvalue weighted by Crippen LogP contribution is -2.54. The SMILES string of the molecule is CCC(CC)C(=O)N1CC=C(c2cccc3c2C(=O)N(C2CCC(=O)NC2=O)C3=O)CC1. The molecule has 8 heteroatoms. The number of hydrogen-bond donors (Lipinski definition) is 1. The molecule has 0 saturated carbocycles. The fraction of sp³-hybridized carbons (Fsp3) is 0.458. The molecule has 3 aliphatic rings. The molecule has 0 radical (unpaired) electrons. The normalized spacial score (nSPS) is 21.1. The third-order valence-electron chi connectivity index (χ3n) is 6.67. The molecule has 1 aromatic carbocycles. The van der Waals surface area contributed by atoms with Crippen molar-refractivity contribution in [3.05, 3.63) is 41.0 Å². The van der Waals surface area contributed by atoms with Crippen LogP contribution >= 0.6 is 0 Å². The van der Waals surface area contributed by atoms with E-state index in [1.165, 1.54) is 0 Å². The van der Waals surface area contributed by atoms with E-state index in [0.717, 1.165) is 23.3 Å². The Bertz CT molecular complexity index is 1040. The molecule has 1 unspecified atom stereocenters. The van der Waals surface area contributed by atoms with E-state index in [2.05, 4.69) is 5.32 Å². The maximum Gasteiger partial charge on any atom is 0.262 e. The highest BCUT2D eigenvalue weighted by atomic mass is 16.2. The molecule has 1 N–H and O–H groups in total. The van der Waals surface area contributed by atoms with Crippen molar-refractivity contribution in [2.45, 2.75) is 52.0 Å². The van der Waals surface area contributed by atoms with Gasteiger partial charge < -0.3 is 4.90 Å². The summed E-state index contributed by atoms with van der Waals surface area (Å²) in [5.41, 5.74) is 2.16. The predicted molar refractivity (Wildman–Crippen MR) is 116 cm³/mol. The van der Waals surface area contributed by atoms with Crippen molar-refractivity contribution in [3.63, 3.8) is 0 Å². The van der Waals surface area contributed by atoms with Gasteiger partial charge in [0.05, 0.1) is 11.1 Å². The second kappa shape index (κ2) is 8.68. The summed E-state index contributed by atoms with van der Waals surface area (Å²) in [6.07, 6.45) is 4.36. The number of nitrogens with zero attached hydrogens (tertiary/aromatic N) is 2. The average molecular weight is 437 g/mol. The highest BCUT2D eigenvalue weighted by molar-refractivity contribution is 6.25. The van der Waals surface area contributed by atoms with Crippen LogP contribution in [0.25, 0.3) is 5.57 Å². The van der Waals surface area contributed by atoms with Crippen LogP contribution in [0.5, 0.6) is 0 Å². The maximum absolute atomic E-state index is 13.3. The summed E-state index contributed by atoms with van der Waals surface area (Å²) in [6, 6.07) is 4.15. The van der Waals surface area contributed by atoms with E-state index < -0.39 is 29.7 Å². The summed E-state index contributed by atoms with van der Waals surface area (Å²) in [5.74, 6) is -1.87. The van der Waals surface area contributed by atoms with E-state index in [9.17, 15) is 24.0 Å². The molecule has 0 aromatic heterocycles. The molecule has 3 heterocycles. The minimum atomic E-state index is -0.985. The minimum absolute atomic E-state index is 0.0206. The predicted octanol–water partition coefficient (Wildman–Crippen LogP) is 2.14. The van der Waals surface area contributed by atoms with E-state index in [1.54, 1.807) is 12.1 Å². The fourth-order valence-corrected chi connectivity index (χ4v) is 4.79. The van der Waals surface area contributed by atoms with Crippen LogP contribution in [0.15, 0.2) is 24.3 Å². The standard InChI is InChI=1S/C24H27N3O5/c1-3-14(4-2)22(30)26-12-10-15(11-13-26)16-6-5-7-17-20(16)24(32)27(23(17)31)18-8-9-19(28)25-21(18)29/h5-7,10,14,18H,3-4,8-9,11-13H2,1-2H3,(H,25,28,29). The molecule has 0 spiro atoms. The van der Waals surface area contributed by atoms with Gasteiger partial charge in [-0.25, -0.2) is 0 Å². The first-order valence-electron chi connectivity index (χ1n) is 11.2. The van der Waals surface area contributed by atoms with Gasteiger partial charge in [0.2, 0.25) is 17.7 Å². The van der Waals surface area contributed by atoms with Crippen molar-refractivity contribution in [3.8, 4) is 0 Å². The van der Waals surface area contributed by atoms with Crippen molar-refractivity contribution < 1.29 is 24.0 Å². The van der Waals surface area contributed by atoms with Crippen LogP contribution in [0.1, 0.15) is 72.2 Å². The molecule has 1 saturated heterocycles. The highest BCUT2D eigenvalue weighted by Crippen LogP contribution is 2.35. The number of carbonyl (C=O) groups is 5. The summed E-state index contributed by atoms with van der Waals surface area (Å²) >= 11 is 0. The van der Waals surface area contributed by atoms with Crippen molar-refractivity contribution in [1.29, 1.82) is 0 Å². The van der Waals surface area contributed by atoms with Crippen LogP contribution in [0, 0.1) is 5.92 Å². The molecule has 4 rings (SSSR count). The molecule has 32 heavy (non-hydrogen) atoms. The molecule has 8 nitrogen and oxygen atoms in total. The van der Waals surface area contributed by atoms with E-state index in [4.69, 9.17) is 0 Å². The monoisotopic (exact) mass is 437 g/mol. The Morgan fingerprint density at radius 2 is 1.78 bits per heavy atom. The highest BCUT2D eigenvalue weighted by Gasteiger charge is 2.45. The first-order valence-corrected chi connectivity index (χ1v) is 11.2. The Kier molecular flexibility index (Phi) is 5.95. The van der Waals surface area contributed by atoms with Crippen molar-refractivity contribution in [2.24, 2.45) is 5.92 Å². The second-order valence-corrected chi connectivity index (χ2v) is 8.45. The van der Waals surface area contributed by atoms with E-state index in [1.807, 2.05) is 30.9 Å². The largest absolute Gasteiger partial charge is 0.338 e. The topological polar surface area (TPSA) is 104 Å². The Hall–Kier alpha value is -3.29. The first-order chi connectivity index (χ1) is 15.4. The number of piperidine rings is 1. The van der Waals surface area contributed by atoms with E-state index in [0.29, 0.717) is 30.6 Å². The van der Waals surface area contributed by atoms with Crippen LogP contribution in [0.2, 0.25) is 0 Å². The zero-order valence-electron chi connectivity index (χ0n) is 18.3. The molecular formula is C24H27N3O5. The molecule has 3 aliphatic heterocycles. The average Bonchev–Trinajstić information content (AvgIpc) is 3.05. The van der Waals surface area contributed by atoms with E-state index in [-0.39, 0.29) is 30.2 Å². The number of rotatable bonds is 5. The maximum atomic E-state index is 13.3. The van der Waals surface area contributed by atoms with Crippen LogP contribution in [-0.2, 0) is 14.4 Å². The van der Waals surface area contributed by atoms with Crippen LogP contribution in [-0.4, -0.2) is 58.5 Å². The zero-order valence-corrected chi connectivity index (χ0v) is 18.3. The van der Waals surface area contributed by atoms with Gasteiger partial charge in [-0.1, -0.05) is 32.1 Å². The number of fused-ring (bicyclic) bond motifs is 1. The molecule has 5 amide bonds. The minimum Gasteiger partial charge on any atom is -0.338 e. The Morgan fingerprint density at radius 3 is 2.41 bits per heavy atom. The Morgan fingerprint density at radius 1 is 1.06 bits per heavy atom. The van der Waals surface area contributed by atoms with Gasteiger partial charge in [-0.15, -0.1) is 0 Å². The quantitative estimate of drug-likeness (QED) is 0.711. The first kappa shape index (κ1) is 21.9. The van der Waals surface area contributed by atoms with Gasteiger partial charge in [0, 0.05) is 25.4 Å². The third kappa shape index (κ3) is 3.63. The van der Waals surface area contributed by atoms with Crippen LogP contribution in [0.3, 0.4) is 0 Å². The second-order valence-electron chi connectivity index (χ2n) is 8.45. The lowest BCUT2D eigenvalue weighted by Gasteiger charge is -2.30. The number of hydrogen-bond acceptors (Lipinski definition) is 5. The van der Waals surface area contributed by atoms with Gasteiger partial charge in [-0.3, -0.25) is 34.2 Å². The lowest BCUT2D eigenvalue weighted by molar-refractivity contribution is -0.137. The number of carbonyl (C=O) groups excluding carboxylic acids is 5. The van der Waals surface area contributed by atoms with Crippen LogP contribution < -0.4 is 5.32 Å². The molecular weight excluding hydrogens is 410 g/mol. The van der Waals surface area contributed by atoms with Crippen LogP contribution in [0.4, 0.5) is 0 Å². The lowest BCUT2D eigenvalue weighted by atomic mass is 9.92. The van der Waals surface area contributed by atoms with Crippen molar-refractivity contribution in [1.82, 2.24) is 15.1 Å². The van der Waals surface area contributed by atoms with Gasteiger partial charge in [0.25, 0.3) is 11.8 Å². The molecule has 1 fully saturated rings. The number of amides is 5. The summed E-state index contributed by atoms with van der Waals surface area (Å²) in [7, 11) is 0. The number of imide groups is 2. The van der Waals surface area contributed by atoms with Crippen molar-refractivity contribution in [2.75, 3.05) is 13.1 Å². The number of nitrogens with one attached hydrogen (secondary N) is 1. The van der Waals surface area contributed by atoms with Gasteiger partial charge in [0.1, 0.15) is 6.04 Å². The van der Waals surface area contributed by atoms with Crippen molar-refractivity contribution >= 4 is 35.1 Å². The Labute approximate surface area is 186 Å².